The fraction of sp³-hybridized carbons (Fsp3) is 0.222. The number of carbonyl (C=O) groups excluding carboxylic acids is 1. The van der Waals surface area contributed by atoms with Crippen LogP contribution in [0.5, 0.6) is 5.75 Å². The van der Waals surface area contributed by atoms with Crippen LogP contribution in [0.15, 0.2) is 91.5 Å². The summed E-state index contributed by atoms with van der Waals surface area (Å²) in [4.78, 5) is 15.1. The molecule has 0 saturated carbocycles. The van der Waals surface area contributed by atoms with Gasteiger partial charge >= 0.3 is 0 Å². The van der Waals surface area contributed by atoms with Crippen molar-refractivity contribution >= 4 is 11.6 Å². The molecule has 4 nitrogen and oxygen atoms in total. The van der Waals surface area contributed by atoms with Gasteiger partial charge in [-0.05, 0) is 43.5 Å². The van der Waals surface area contributed by atoms with E-state index in [0.29, 0.717) is 18.7 Å². The lowest BCUT2D eigenvalue weighted by molar-refractivity contribution is 0.0566. The molecule has 3 aromatic carbocycles. The molecular weight excluding hydrogens is 384 g/mol. The minimum absolute atomic E-state index is 0.0179. The summed E-state index contributed by atoms with van der Waals surface area (Å²) in [6.07, 6.45) is 3.64. The van der Waals surface area contributed by atoms with Gasteiger partial charge in [-0.25, -0.2) is 0 Å². The van der Waals surface area contributed by atoms with Crippen LogP contribution in [0.1, 0.15) is 34.8 Å². The molecule has 4 heteroatoms. The summed E-state index contributed by atoms with van der Waals surface area (Å²) in [7, 11) is 0. The summed E-state index contributed by atoms with van der Waals surface area (Å²) < 4.78 is 6.22. The smallest absolute Gasteiger partial charge is 0.258 e. The Labute approximate surface area is 184 Å². The second-order valence-electron chi connectivity index (χ2n) is 7.88. The van der Waals surface area contributed by atoms with Crippen molar-refractivity contribution in [3.05, 3.63) is 108 Å². The summed E-state index contributed by atoms with van der Waals surface area (Å²) in [5.41, 5.74) is 2.98. The number of ether oxygens (including phenoxy) is 1. The van der Waals surface area contributed by atoms with E-state index in [-0.39, 0.29) is 5.91 Å². The maximum atomic E-state index is 13.3. The van der Waals surface area contributed by atoms with Crippen molar-refractivity contribution in [1.82, 2.24) is 4.90 Å². The summed E-state index contributed by atoms with van der Waals surface area (Å²) in [6.45, 7) is 6.92. The Hall–Kier alpha value is -3.53. The van der Waals surface area contributed by atoms with Gasteiger partial charge < -0.3 is 15.0 Å². The van der Waals surface area contributed by atoms with Crippen molar-refractivity contribution < 1.29 is 9.53 Å². The molecule has 158 valence electrons. The van der Waals surface area contributed by atoms with Crippen molar-refractivity contribution in [2.24, 2.45) is 0 Å². The number of hydrogen-bond acceptors (Lipinski definition) is 3. The van der Waals surface area contributed by atoms with Gasteiger partial charge in [0.25, 0.3) is 5.91 Å². The fourth-order valence-corrected chi connectivity index (χ4v) is 4.16. The SMILES string of the molecule is C=CCN1C(=O)c2ccccc2NC1(C)c1ccccc1OCCCc1ccccc1. The highest BCUT2D eigenvalue weighted by molar-refractivity contribution is 6.02. The molecule has 1 unspecified atom stereocenters. The third-order valence-electron chi connectivity index (χ3n) is 5.75. The Morgan fingerprint density at radius 2 is 1.71 bits per heavy atom. The molecule has 0 aromatic heterocycles. The van der Waals surface area contributed by atoms with Crippen LogP contribution < -0.4 is 10.1 Å². The molecule has 0 bridgehead atoms. The average molecular weight is 413 g/mol. The van der Waals surface area contributed by atoms with Crippen LogP contribution >= 0.6 is 0 Å². The van der Waals surface area contributed by atoms with E-state index in [4.69, 9.17) is 4.74 Å². The molecule has 1 atom stereocenters. The molecule has 31 heavy (non-hydrogen) atoms. The minimum atomic E-state index is -0.754. The van der Waals surface area contributed by atoms with E-state index in [0.717, 1.165) is 29.8 Å². The first-order valence-electron chi connectivity index (χ1n) is 10.7. The molecule has 0 aliphatic carbocycles. The van der Waals surface area contributed by atoms with E-state index in [1.807, 2.05) is 66.4 Å². The number of nitrogens with zero attached hydrogens (tertiary/aromatic N) is 1. The Bertz CT molecular complexity index is 1060. The molecule has 1 amide bonds. The highest BCUT2D eigenvalue weighted by atomic mass is 16.5. The molecule has 1 aliphatic heterocycles. The number of rotatable bonds is 8. The van der Waals surface area contributed by atoms with Gasteiger partial charge in [0, 0.05) is 17.8 Å². The number of carbonyl (C=O) groups is 1. The molecule has 1 heterocycles. The van der Waals surface area contributed by atoms with Gasteiger partial charge in [0.2, 0.25) is 0 Å². The molecule has 3 aromatic rings. The maximum absolute atomic E-state index is 13.3. The van der Waals surface area contributed by atoms with E-state index in [1.165, 1.54) is 5.56 Å². The maximum Gasteiger partial charge on any atom is 0.258 e. The first-order valence-corrected chi connectivity index (χ1v) is 10.7. The minimum Gasteiger partial charge on any atom is -0.493 e. The molecule has 1 aliphatic rings. The molecule has 4 rings (SSSR count). The van der Waals surface area contributed by atoms with Gasteiger partial charge in [-0.1, -0.05) is 66.7 Å². The van der Waals surface area contributed by atoms with Crippen molar-refractivity contribution in [1.29, 1.82) is 0 Å². The summed E-state index contributed by atoms with van der Waals surface area (Å²) in [5.74, 6) is 0.766. The van der Waals surface area contributed by atoms with E-state index in [2.05, 4.69) is 36.2 Å². The Kier molecular flexibility index (Phi) is 6.08. The largest absolute Gasteiger partial charge is 0.493 e. The normalized spacial score (nSPS) is 17.6. The molecule has 0 radical (unpaired) electrons. The number of nitrogens with one attached hydrogen (secondary N) is 1. The van der Waals surface area contributed by atoms with Crippen LogP contribution in [-0.2, 0) is 12.1 Å². The van der Waals surface area contributed by atoms with Gasteiger partial charge in [-0.15, -0.1) is 6.58 Å². The highest BCUT2D eigenvalue weighted by Crippen LogP contribution is 2.41. The van der Waals surface area contributed by atoms with Crippen molar-refractivity contribution in [3.63, 3.8) is 0 Å². The number of benzene rings is 3. The number of para-hydroxylation sites is 2. The molecule has 0 fully saturated rings. The lowest BCUT2D eigenvalue weighted by Gasteiger charge is -2.46. The monoisotopic (exact) mass is 412 g/mol. The fourth-order valence-electron chi connectivity index (χ4n) is 4.16. The number of fused-ring (bicyclic) bond motifs is 1. The predicted octanol–water partition coefficient (Wildman–Crippen LogP) is 5.62. The quantitative estimate of drug-likeness (QED) is 0.385. The summed E-state index contributed by atoms with van der Waals surface area (Å²) in [5, 5.41) is 3.59. The van der Waals surface area contributed by atoms with Gasteiger partial charge in [0.1, 0.15) is 11.4 Å². The zero-order chi connectivity index (χ0) is 21.7. The van der Waals surface area contributed by atoms with Crippen LogP contribution in [0.3, 0.4) is 0 Å². The van der Waals surface area contributed by atoms with Crippen molar-refractivity contribution in [2.75, 3.05) is 18.5 Å². The number of aryl methyl sites for hydroxylation is 1. The van der Waals surface area contributed by atoms with Crippen LogP contribution in [0.4, 0.5) is 5.69 Å². The second kappa shape index (κ2) is 9.09. The lowest BCUT2D eigenvalue weighted by atomic mass is 9.92. The molecule has 1 N–H and O–H groups in total. The van der Waals surface area contributed by atoms with Crippen LogP contribution in [0.2, 0.25) is 0 Å². The Morgan fingerprint density at radius 3 is 2.52 bits per heavy atom. The highest BCUT2D eigenvalue weighted by Gasteiger charge is 2.43. The van der Waals surface area contributed by atoms with E-state index in [1.54, 1.807) is 6.08 Å². The van der Waals surface area contributed by atoms with E-state index >= 15 is 0 Å². The third-order valence-corrected chi connectivity index (χ3v) is 5.75. The van der Waals surface area contributed by atoms with Crippen LogP contribution in [-0.4, -0.2) is 24.0 Å². The van der Waals surface area contributed by atoms with Crippen molar-refractivity contribution in [3.8, 4) is 5.75 Å². The average Bonchev–Trinajstić information content (AvgIpc) is 2.80. The number of anilines is 1. The van der Waals surface area contributed by atoms with Gasteiger partial charge in [-0.3, -0.25) is 4.79 Å². The van der Waals surface area contributed by atoms with Crippen LogP contribution in [0.25, 0.3) is 0 Å². The summed E-state index contributed by atoms with van der Waals surface area (Å²) >= 11 is 0. The standard InChI is InChI=1S/C27H28N2O2/c1-3-19-29-26(30)22-15-7-9-17-24(22)28-27(29,2)23-16-8-10-18-25(23)31-20-11-14-21-12-5-4-6-13-21/h3-10,12-13,15-18,28H,1,11,14,19-20H2,2H3. The Morgan fingerprint density at radius 1 is 1.00 bits per heavy atom. The molecule has 0 spiro atoms. The number of amides is 1. The van der Waals surface area contributed by atoms with E-state index < -0.39 is 5.66 Å². The van der Waals surface area contributed by atoms with Crippen LogP contribution in [0, 0.1) is 0 Å². The topological polar surface area (TPSA) is 41.6 Å². The number of hydrogen-bond donors (Lipinski definition) is 1. The predicted molar refractivity (Wildman–Crippen MR) is 125 cm³/mol. The first kappa shape index (κ1) is 20.7. The van der Waals surface area contributed by atoms with Crippen molar-refractivity contribution in [2.45, 2.75) is 25.4 Å². The molecular formula is C27H28N2O2. The van der Waals surface area contributed by atoms with Gasteiger partial charge in [0.15, 0.2) is 0 Å². The zero-order valence-corrected chi connectivity index (χ0v) is 17.9. The Balaban J connectivity index is 1.59. The lowest BCUT2D eigenvalue weighted by Crippen LogP contribution is -2.56. The second-order valence-corrected chi connectivity index (χ2v) is 7.88. The third kappa shape index (κ3) is 4.19. The van der Waals surface area contributed by atoms with E-state index in [9.17, 15) is 4.79 Å². The van der Waals surface area contributed by atoms with Gasteiger partial charge in [0.05, 0.1) is 12.2 Å². The summed E-state index contributed by atoms with van der Waals surface area (Å²) in [6, 6.07) is 26.0. The molecule has 0 saturated heterocycles. The zero-order valence-electron chi connectivity index (χ0n) is 17.9. The first-order chi connectivity index (χ1) is 15.1. The van der Waals surface area contributed by atoms with Gasteiger partial charge in [-0.2, -0.15) is 0 Å².